The van der Waals surface area contributed by atoms with E-state index >= 15 is 0 Å². The molecule has 3 aromatic carbocycles. The van der Waals surface area contributed by atoms with Crippen LogP contribution in [-0.2, 0) is 0 Å². The van der Waals surface area contributed by atoms with E-state index in [1.165, 1.54) is 5.56 Å². The fraction of sp³-hybridized carbons (Fsp3) is 0.136. The molecule has 1 aliphatic heterocycles. The molecule has 2 heterocycles. The number of imidazole rings is 1. The van der Waals surface area contributed by atoms with Crippen molar-refractivity contribution in [2.24, 2.45) is 0 Å². The van der Waals surface area contributed by atoms with E-state index < -0.39 is 0 Å². The lowest BCUT2D eigenvalue weighted by atomic mass is 9.93. The van der Waals surface area contributed by atoms with Crippen LogP contribution in [0, 0.1) is 0 Å². The molecule has 0 saturated carbocycles. The van der Waals surface area contributed by atoms with E-state index in [-0.39, 0.29) is 12.1 Å². The monoisotopic (exact) mass is 359 g/mol. The number of rotatable bonds is 2. The van der Waals surface area contributed by atoms with E-state index in [4.69, 9.17) is 16.6 Å². The van der Waals surface area contributed by atoms with Crippen LogP contribution in [0.2, 0.25) is 5.02 Å². The molecule has 0 saturated heterocycles. The largest absolute Gasteiger partial charge is 0.349 e. The molecular weight excluding hydrogens is 342 g/mol. The first kappa shape index (κ1) is 15.5. The maximum Gasteiger partial charge on any atom is 0.204 e. The summed E-state index contributed by atoms with van der Waals surface area (Å²) in [6, 6.07) is 27.3. The normalized spacial score (nSPS) is 19.1. The van der Waals surface area contributed by atoms with Crippen molar-refractivity contribution in [3.05, 3.63) is 95.0 Å². The second kappa shape index (κ2) is 6.19. The third-order valence-electron chi connectivity index (χ3n) is 5.13. The number of para-hydroxylation sites is 2. The van der Waals surface area contributed by atoms with Crippen LogP contribution in [0.4, 0.5) is 5.95 Å². The zero-order chi connectivity index (χ0) is 17.5. The number of aromatic nitrogens is 2. The maximum absolute atomic E-state index is 6.49. The molecule has 0 radical (unpaired) electrons. The first-order valence-corrected chi connectivity index (χ1v) is 9.22. The number of hydrogen-bond donors (Lipinski definition) is 1. The van der Waals surface area contributed by atoms with Crippen molar-refractivity contribution in [2.45, 2.75) is 18.5 Å². The highest BCUT2D eigenvalue weighted by Gasteiger charge is 2.31. The van der Waals surface area contributed by atoms with Gasteiger partial charge in [-0.25, -0.2) is 4.98 Å². The second-order valence-electron chi connectivity index (χ2n) is 6.67. The fourth-order valence-electron chi connectivity index (χ4n) is 3.93. The van der Waals surface area contributed by atoms with Gasteiger partial charge in [-0.2, -0.15) is 0 Å². The molecule has 2 atom stereocenters. The zero-order valence-electron chi connectivity index (χ0n) is 14.1. The van der Waals surface area contributed by atoms with Gasteiger partial charge in [-0.3, -0.25) is 0 Å². The zero-order valence-corrected chi connectivity index (χ0v) is 14.9. The van der Waals surface area contributed by atoms with Crippen LogP contribution < -0.4 is 5.32 Å². The molecule has 4 heteroatoms. The molecule has 0 spiro atoms. The van der Waals surface area contributed by atoms with E-state index in [1.807, 2.05) is 24.3 Å². The molecule has 0 fully saturated rings. The van der Waals surface area contributed by atoms with E-state index in [0.717, 1.165) is 34.0 Å². The van der Waals surface area contributed by atoms with Gasteiger partial charge in [0.2, 0.25) is 5.95 Å². The number of halogens is 1. The van der Waals surface area contributed by atoms with Crippen LogP contribution in [0.1, 0.15) is 29.6 Å². The summed E-state index contributed by atoms with van der Waals surface area (Å²) in [5.74, 6) is 0.899. The Kier molecular flexibility index (Phi) is 3.68. The molecule has 0 aliphatic carbocycles. The summed E-state index contributed by atoms with van der Waals surface area (Å²) in [5, 5.41) is 4.40. The number of nitrogens with zero attached hydrogens (tertiary/aromatic N) is 2. The highest BCUT2D eigenvalue weighted by molar-refractivity contribution is 6.31. The van der Waals surface area contributed by atoms with Crippen LogP contribution in [0.3, 0.4) is 0 Å². The van der Waals surface area contributed by atoms with Crippen molar-refractivity contribution < 1.29 is 0 Å². The number of anilines is 1. The van der Waals surface area contributed by atoms with Gasteiger partial charge in [-0.1, -0.05) is 72.3 Å². The van der Waals surface area contributed by atoms with Gasteiger partial charge in [0.25, 0.3) is 0 Å². The molecule has 3 nitrogen and oxygen atoms in total. The summed E-state index contributed by atoms with van der Waals surface area (Å²) in [6.07, 6.45) is 0.918. The van der Waals surface area contributed by atoms with Gasteiger partial charge < -0.3 is 9.88 Å². The molecule has 0 bridgehead atoms. The van der Waals surface area contributed by atoms with Crippen LogP contribution in [-0.4, -0.2) is 9.55 Å². The minimum absolute atomic E-state index is 0.123. The van der Waals surface area contributed by atoms with Gasteiger partial charge in [0.15, 0.2) is 0 Å². The third kappa shape index (κ3) is 2.47. The summed E-state index contributed by atoms with van der Waals surface area (Å²) in [6.45, 7) is 0. The molecule has 0 unspecified atom stereocenters. The van der Waals surface area contributed by atoms with Crippen LogP contribution in [0.15, 0.2) is 78.9 Å². The smallest absolute Gasteiger partial charge is 0.204 e. The first-order chi connectivity index (χ1) is 12.8. The van der Waals surface area contributed by atoms with Crippen molar-refractivity contribution >= 4 is 28.6 Å². The summed E-state index contributed by atoms with van der Waals surface area (Å²) in [5.41, 5.74) is 4.57. The Morgan fingerprint density at radius 1 is 0.885 bits per heavy atom. The van der Waals surface area contributed by atoms with Gasteiger partial charge >= 0.3 is 0 Å². The summed E-state index contributed by atoms with van der Waals surface area (Å²) in [7, 11) is 0. The molecule has 5 rings (SSSR count). The van der Waals surface area contributed by atoms with Crippen molar-refractivity contribution in [1.82, 2.24) is 9.55 Å². The standard InChI is InChI=1S/C22H18ClN3/c23-17-11-5-4-10-16(17)19-14-21(15-8-2-1-3-9-15)26-20-13-7-6-12-18(20)24-22(26)25-19/h1-13,19,21H,14H2,(H,24,25)/t19-,21+/m1/s1. The van der Waals surface area contributed by atoms with E-state index in [9.17, 15) is 0 Å². The molecule has 128 valence electrons. The van der Waals surface area contributed by atoms with Crippen LogP contribution in [0.5, 0.6) is 0 Å². The topological polar surface area (TPSA) is 29.9 Å². The fourth-order valence-corrected chi connectivity index (χ4v) is 4.20. The predicted octanol–water partition coefficient (Wildman–Crippen LogP) is 5.84. The van der Waals surface area contributed by atoms with Gasteiger partial charge in [0.05, 0.1) is 23.1 Å². The molecule has 4 aromatic rings. The van der Waals surface area contributed by atoms with Gasteiger partial charge in [-0.05, 0) is 35.7 Å². The Labute approximate surface area is 157 Å². The molecule has 26 heavy (non-hydrogen) atoms. The maximum atomic E-state index is 6.49. The van der Waals surface area contributed by atoms with Gasteiger partial charge in [-0.15, -0.1) is 0 Å². The van der Waals surface area contributed by atoms with Crippen LogP contribution in [0.25, 0.3) is 11.0 Å². The second-order valence-corrected chi connectivity index (χ2v) is 7.08. The average Bonchev–Trinajstić information content (AvgIpc) is 3.07. The number of fused-ring (bicyclic) bond motifs is 3. The Morgan fingerprint density at radius 2 is 1.62 bits per heavy atom. The van der Waals surface area contributed by atoms with E-state index in [2.05, 4.69) is 64.5 Å². The quantitative estimate of drug-likeness (QED) is 0.487. The molecule has 1 aromatic heterocycles. The van der Waals surface area contributed by atoms with Crippen molar-refractivity contribution in [2.75, 3.05) is 5.32 Å². The molecule has 0 amide bonds. The number of benzene rings is 3. The number of hydrogen-bond acceptors (Lipinski definition) is 2. The van der Waals surface area contributed by atoms with Crippen molar-refractivity contribution in [1.29, 1.82) is 0 Å². The Balaban J connectivity index is 1.69. The molecule has 1 aliphatic rings. The SMILES string of the molecule is Clc1ccccc1[C@H]1C[C@@H](c2ccccc2)n2c(nc3ccccc32)N1. The summed E-state index contributed by atoms with van der Waals surface area (Å²) in [4.78, 5) is 4.84. The highest BCUT2D eigenvalue weighted by atomic mass is 35.5. The average molecular weight is 360 g/mol. The summed E-state index contributed by atoms with van der Waals surface area (Å²) >= 11 is 6.49. The van der Waals surface area contributed by atoms with Crippen molar-refractivity contribution in [3.8, 4) is 0 Å². The van der Waals surface area contributed by atoms with Gasteiger partial charge in [0.1, 0.15) is 0 Å². The summed E-state index contributed by atoms with van der Waals surface area (Å²) < 4.78 is 2.32. The van der Waals surface area contributed by atoms with Crippen LogP contribution >= 0.6 is 11.6 Å². The Bertz CT molecular complexity index is 1070. The molecule has 1 N–H and O–H groups in total. The van der Waals surface area contributed by atoms with Crippen molar-refractivity contribution in [3.63, 3.8) is 0 Å². The Morgan fingerprint density at radius 3 is 2.46 bits per heavy atom. The number of nitrogens with one attached hydrogen (secondary N) is 1. The van der Waals surface area contributed by atoms with E-state index in [1.54, 1.807) is 0 Å². The lowest BCUT2D eigenvalue weighted by Gasteiger charge is -2.34. The highest BCUT2D eigenvalue weighted by Crippen LogP contribution is 2.42. The predicted molar refractivity (Wildman–Crippen MR) is 107 cm³/mol. The molecular formula is C22H18ClN3. The lowest BCUT2D eigenvalue weighted by Crippen LogP contribution is -2.27. The first-order valence-electron chi connectivity index (χ1n) is 8.84. The third-order valence-corrected chi connectivity index (χ3v) is 5.48. The minimum atomic E-state index is 0.123. The van der Waals surface area contributed by atoms with Gasteiger partial charge in [0, 0.05) is 5.02 Å². The Hall–Kier alpha value is -2.78. The lowest BCUT2D eigenvalue weighted by molar-refractivity contribution is 0.477. The van der Waals surface area contributed by atoms with E-state index in [0.29, 0.717) is 0 Å². The minimum Gasteiger partial charge on any atom is -0.349 e.